The van der Waals surface area contributed by atoms with Gasteiger partial charge in [-0.3, -0.25) is 24.7 Å². The summed E-state index contributed by atoms with van der Waals surface area (Å²) >= 11 is 0. The molecule has 2 aromatic carbocycles. The van der Waals surface area contributed by atoms with Crippen LogP contribution in [0.4, 0.5) is 4.79 Å². The summed E-state index contributed by atoms with van der Waals surface area (Å²) in [6, 6.07) is 13.7. The minimum Gasteiger partial charge on any atom is -0.444 e. The summed E-state index contributed by atoms with van der Waals surface area (Å²) in [5.74, 6) is 11.0. The van der Waals surface area contributed by atoms with Crippen LogP contribution in [-0.4, -0.2) is 116 Å². The zero-order valence-electron chi connectivity index (χ0n) is 59.6. The van der Waals surface area contributed by atoms with Crippen LogP contribution in [0.25, 0.3) is 67.1 Å². The Labute approximate surface area is 587 Å². The molecule has 0 radical (unpaired) electrons. The zero-order chi connectivity index (χ0) is 68.7. The topological polar surface area (TPSA) is 265 Å². The first-order chi connectivity index (χ1) is 48.4. The van der Waals surface area contributed by atoms with Crippen molar-refractivity contribution in [2.75, 3.05) is 19.7 Å². The fourth-order valence-corrected chi connectivity index (χ4v) is 21.0. The van der Waals surface area contributed by atoms with E-state index in [1.807, 2.05) is 63.2 Å². The highest BCUT2D eigenvalue weighted by Gasteiger charge is 2.51. The maximum atomic E-state index is 13.6. The number of benzene rings is 2. The summed E-state index contributed by atoms with van der Waals surface area (Å²) in [7, 11) is 0. The smallest absolute Gasteiger partial charge is 0.410 e. The first-order valence-corrected chi connectivity index (χ1v) is 38.1. The highest BCUT2D eigenvalue weighted by atomic mass is 16.6. The first-order valence-electron chi connectivity index (χ1n) is 38.1. The van der Waals surface area contributed by atoms with E-state index >= 15 is 0 Å². The van der Waals surface area contributed by atoms with Gasteiger partial charge in [0, 0.05) is 84.5 Å². The summed E-state index contributed by atoms with van der Waals surface area (Å²) in [4.78, 5) is 66.5. The molecular weight excluding hydrogens is 1250 g/mol. The molecule has 13 fully saturated rings. The summed E-state index contributed by atoms with van der Waals surface area (Å²) in [6.07, 6.45) is 33.6. The minimum absolute atomic E-state index is 0.0547. The molecule has 21 rings (SSSR count). The van der Waals surface area contributed by atoms with Crippen LogP contribution in [0.1, 0.15) is 200 Å². The van der Waals surface area contributed by atoms with Crippen LogP contribution in [-0.2, 0) is 22.6 Å². The number of pyridine rings is 2. The van der Waals surface area contributed by atoms with Crippen molar-refractivity contribution in [2.45, 2.75) is 207 Å². The lowest BCUT2D eigenvalue weighted by molar-refractivity contribution is -0.0365. The summed E-state index contributed by atoms with van der Waals surface area (Å²) in [5.41, 5.74) is 18.3. The molecule has 20 heteroatoms. The quantitative estimate of drug-likeness (QED) is 0.0504. The molecule has 7 heterocycles. The number of H-pyrrole nitrogens is 3. The number of rotatable bonds is 15. The lowest BCUT2D eigenvalue weighted by atomic mass is 9.54. The number of imidazole rings is 2. The summed E-state index contributed by atoms with van der Waals surface area (Å²) < 4.78 is 13.8. The van der Waals surface area contributed by atoms with E-state index in [0.717, 1.165) is 135 Å². The van der Waals surface area contributed by atoms with Gasteiger partial charge in [0.1, 0.15) is 28.4 Å². The van der Waals surface area contributed by atoms with Gasteiger partial charge in [-0.25, -0.2) is 19.4 Å². The van der Waals surface area contributed by atoms with E-state index in [-0.39, 0.29) is 30.2 Å². The van der Waals surface area contributed by atoms with Crippen LogP contribution in [0.3, 0.4) is 0 Å². The standard InChI is InChI=1S/C40H51N7O4.C30H35N7O.C10H17N/c1-6-46(39(49)51-40(3,4)5)22-29-19-41-20-31(23(29)2)26-10-11-33-30(18-26)36(45-47(33)34-9-7-8-12-50-34)37-42-21-32(43-37)38(48)44-35-27-14-24-13-25(16-27)17-28(35)15-24;1-3-31-12-22-13-32-14-24(16(22)2)19-4-5-25-23(11-19)28(37-36-25)29-33-15-26(34-29)30(38)35-27-20-7-17-6-18(9-20)10-21(27)8-17;11-10-8-2-6-1-7(4-8)5-9(10)3-6/h10-11,18-21,24-25,27-28,34-35H,6-9,12-17,22H2,1-5H3,(H,42,43)(H,44,48);4-5,11,13-15,17-18,20-21,27,31H,3,6-10,12H2,1-2H3,(H,33,34)(H,35,38)(H,36,37);6-10H,1-5,11H2. The molecular formula is C80H103N15O5. The van der Waals surface area contributed by atoms with E-state index in [1.165, 1.54) is 101 Å². The van der Waals surface area contributed by atoms with Crippen molar-refractivity contribution in [3.8, 4) is 45.3 Å². The summed E-state index contributed by atoms with van der Waals surface area (Å²) in [6.45, 7) is 17.2. The molecule has 1 atom stereocenters. The van der Waals surface area contributed by atoms with Crippen molar-refractivity contribution in [2.24, 2.45) is 76.7 Å². The third-order valence-electron chi connectivity index (χ3n) is 25.4. The van der Waals surface area contributed by atoms with E-state index in [1.54, 1.807) is 23.7 Å². The van der Waals surface area contributed by atoms with Crippen molar-refractivity contribution in [1.82, 2.24) is 70.7 Å². The number of carbonyl (C=O) groups is 3. The van der Waals surface area contributed by atoms with E-state index in [4.69, 9.17) is 25.3 Å². The van der Waals surface area contributed by atoms with Crippen LogP contribution in [0, 0.1) is 84.9 Å². The van der Waals surface area contributed by atoms with Gasteiger partial charge >= 0.3 is 6.09 Å². The Morgan fingerprint density at radius 1 is 0.630 bits per heavy atom. The van der Waals surface area contributed by atoms with Gasteiger partial charge in [-0.1, -0.05) is 19.1 Å². The number of nitrogens with one attached hydrogen (secondary N) is 6. The summed E-state index contributed by atoms with van der Waals surface area (Å²) in [5, 5.41) is 24.8. The number of ether oxygens (including phenoxy) is 2. The Morgan fingerprint density at radius 3 is 1.66 bits per heavy atom. The van der Waals surface area contributed by atoms with E-state index in [2.05, 4.69) is 102 Å². The SMILES string of the molecule is CCN(Cc1cncc(-c2ccc3c(c2)c(-c2ncc(C(=O)NC4C5CC6CC(C5)CC4C6)[nH]2)nn3C2CCCCO2)c1C)C(=O)OC(C)(C)C.CCNCc1cncc(-c2ccc3[nH]nc(-c4ncc(C(=O)NC5C6CC7CC(C6)CC5C7)[nH]4)c3c2)c1C.NC1C2CC3CC(C2)CC1C3. The van der Waals surface area contributed by atoms with E-state index < -0.39 is 5.60 Å². The second kappa shape index (κ2) is 27.5. The Hall–Kier alpha value is -7.81. The van der Waals surface area contributed by atoms with Crippen LogP contribution in [0.5, 0.6) is 0 Å². The normalized spacial score (nSPS) is 29.5. The van der Waals surface area contributed by atoms with Gasteiger partial charge in [-0.15, -0.1) is 0 Å². The molecule has 1 saturated heterocycles. The second-order valence-electron chi connectivity index (χ2n) is 33.1. The molecule has 528 valence electrons. The van der Waals surface area contributed by atoms with Crippen molar-refractivity contribution >= 4 is 39.7 Å². The number of aromatic amines is 3. The third-order valence-corrected chi connectivity index (χ3v) is 25.4. The first kappa shape index (κ1) is 66.7. The molecule has 8 N–H and O–H groups in total. The number of fused-ring (bicyclic) bond motifs is 2. The number of carbonyl (C=O) groups excluding carboxylic acids is 3. The Kier molecular flexibility index (Phi) is 18.4. The van der Waals surface area contributed by atoms with Gasteiger partial charge in [0.2, 0.25) is 0 Å². The molecule has 100 heavy (non-hydrogen) atoms. The number of hydrogen-bond donors (Lipinski definition) is 7. The van der Waals surface area contributed by atoms with Gasteiger partial charge < -0.3 is 46.0 Å². The Balaban J connectivity index is 0.000000138. The fourth-order valence-electron chi connectivity index (χ4n) is 21.0. The number of aromatic nitrogens is 10. The molecule has 0 spiro atoms. The molecule has 1 unspecified atom stereocenters. The molecule has 12 saturated carbocycles. The van der Waals surface area contributed by atoms with Crippen LogP contribution >= 0.6 is 0 Å². The van der Waals surface area contributed by atoms with Crippen LogP contribution in [0.2, 0.25) is 0 Å². The van der Waals surface area contributed by atoms with Crippen molar-refractivity contribution < 1.29 is 23.9 Å². The highest BCUT2D eigenvalue weighted by Crippen LogP contribution is 2.56. The van der Waals surface area contributed by atoms with E-state index in [0.29, 0.717) is 89.9 Å². The average molecular weight is 1350 g/mol. The van der Waals surface area contributed by atoms with Crippen molar-refractivity contribution in [3.05, 3.63) is 107 Å². The number of hydrogen-bond acceptors (Lipinski definition) is 13. The maximum absolute atomic E-state index is 13.6. The van der Waals surface area contributed by atoms with E-state index in [9.17, 15) is 14.4 Å². The molecule has 12 bridgehead atoms. The predicted molar refractivity (Wildman–Crippen MR) is 387 cm³/mol. The van der Waals surface area contributed by atoms with Gasteiger partial charge in [-0.2, -0.15) is 10.2 Å². The monoisotopic (exact) mass is 1350 g/mol. The van der Waals surface area contributed by atoms with Crippen LogP contribution < -0.4 is 21.7 Å². The van der Waals surface area contributed by atoms with Gasteiger partial charge in [0.25, 0.3) is 11.8 Å². The molecule has 1 aliphatic heterocycles. The largest absolute Gasteiger partial charge is 0.444 e. The fraction of sp³-hybridized carbons (Fsp3) is 0.588. The zero-order valence-corrected chi connectivity index (χ0v) is 59.6. The Morgan fingerprint density at radius 2 is 1.14 bits per heavy atom. The van der Waals surface area contributed by atoms with Crippen molar-refractivity contribution in [1.29, 1.82) is 0 Å². The predicted octanol–water partition coefficient (Wildman–Crippen LogP) is 14.6. The molecule has 20 nitrogen and oxygen atoms in total. The molecule has 3 amide bonds. The molecule has 13 aliphatic rings. The number of amides is 3. The van der Waals surface area contributed by atoms with Gasteiger partial charge in [-0.05, 0) is 292 Å². The van der Waals surface area contributed by atoms with Gasteiger partial charge in [0.05, 0.1) is 30.0 Å². The van der Waals surface area contributed by atoms with Crippen LogP contribution in [0.15, 0.2) is 73.6 Å². The lowest BCUT2D eigenvalue weighted by Gasteiger charge is -2.54. The Bertz CT molecular complexity index is 4240. The maximum Gasteiger partial charge on any atom is 0.410 e. The third kappa shape index (κ3) is 13.3. The number of nitrogens with two attached hydrogens (primary N) is 1. The number of nitrogens with zero attached hydrogens (tertiary/aromatic N) is 8. The van der Waals surface area contributed by atoms with Crippen molar-refractivity contribution in [3.63, 3.8) is 0 Å². The molecule has 8 aromatic rings. The highest BCUT2D eigenvalue weighted by molar-refractivity contribution is 5.98. The lowest BCUT2D eigenvalue weighted by Crippen LogP contribution is -2.55. The molecule has 6 aromatic heterocycles. The average Bonchev–Trinajstić information content (AvgIpc) is 1.60. The minimum atomic E-state index is -0.576. The second-order valence-corrected chi connectivity index (χ2v) is 33.1. The van der Waals surface area contributed by atoms with Gasteiger partial charge in [0.15, 0.2) is 17.9 Å². The molecule has 12 aliphatic carbocycles.